The fraction of sp³-hybridized carbons (Fsp3) is 0.423. The minimum absolute atomic E-state index is 0.190. The average molecular weight is 436 g/mol. The second-order valence-corrected chi connectivity index (χ2v) is 8.57. The lowest BCUT2D eigenvalue weighted by Gasteiger charge is -2.33. The molecule has 0 radical (unpaired) electrons. The lowest BCUT2D eigenvalue weighted by molar-refractivity contribution is 0.180. The summed E-state index contributed by atoms with van der Waals surface area (Å²) in [4.78, 5) is 10.6. The van der Waals surface area contributed by atoms with E-state index in [4.69, 9.17) is 4.98 Å². The molecule has 1 aliphatic rings. The Kier molecular flexibility index (Phi) is 7.22. The molecule has 1 saturated heterocycles. The van der Waals surface area contributed by atoms with Crippen molar-refractivity contribution in [3.8, 4) is 0 Å². The largest absolute Gasteiger partial charge is 0.361 e. The fourth-order valence-electron chi connectivity index (χ4n) is 4.79. The number of rotatable bonds is 9. The standard InChI is InChI=1S/C26H34FN5/c1-4-23-22(16-19(3)27)20(17-29-23)18-31-14-11-21(12-15-31)32-25-9-7-6-8-24(25)30-26(32)10-13-28-5-2/h4,6-9,16-17,21,28-29H,1,5,10-15,18H2,2-3H3/b19-16+. The van der Waals surface area contributed by atoms with E-state index in [2.05, 4.69) is 57.5 Å². The third-order valence-electron chi connectivity index (χ3n) is 6.35. The molecule has 6 heteroatoms. The number of allylic oxidation sites excluding steroid dienone is 1. The molecule has 0 unspecified atom stereocenters. The molecule has 3 aromatic rings. The predicted octanol–water partition coefficient (Wildman–Crippen LogP) is 5.33. The Bertz CT molecular complexity index is 1080. The van der Waals surface area contributed by atoms with Gasteiger partial charge in [0, 0.05) is 56.1 Å². The van der Waals surface area contributed by atoms with E-state index in [1.54, 1.807) is 12.2 Å². The average Bonchev–Trinajstić information content (AvgIpc) is 3.35. The van der Waals surface area contributed by atoms with Gasteiger partial charge in [-0.1, -0.05) is 25.6 Å². The number of imidazole rings is 1. The SMILES string of the molecule is C=Cc1[nH]cc(CN2CCC(n3c(CCNCC)nc4ccccc43)CC2)c1/C=C(\C)F. The molecule has 4 rings (SSSR count). The van der Waals surface area contributed by atoms with Crippen molar-refractivity contribution in [2.75, 3.05) is 26.2 Å². The number of likely N-dealkylation sites (tertiary alicyclic amines) is 1. The number of nitrogens with one attached hydrogen (secondary N) is 2. The predicted molar refractivity (Wildman–Crippen MR) is 131 cm³/mol. The quantitative estimate of drug-likeness (QED) is 0.447. The Hall–Kier alpha value is -2.70. The molecular weight excluding hydrogens is 401 g/mol. The van der Waals surface area contributed by atoms with Crippen molar-refractivity contribution in [1.29, 1.82) is 0 Å². The van der Waals surface area contributed by atoms with Crippen LogP contribution in [0.2, 0.25) is 0 Å². The Labute approximate surface area is 190 Å². The number of hydrogen-bond donors (Lipinski definition) is 2. The number of H-pyrrole nitrogens is 1. The number of aromatic nitrogens is 3. The molecule has 1 aliphatic heterocycles. The van der Waals surface area contributed by atoms with Gasteiger partial charge >= 0.3 is 0 Å². The number of aromatic amines is 1. The zero-order valence-corrected chi connectivity index (χ0v) is 19.2. The van der Waals surface area contributed by atoms with E-state index in [0.29, 0.717) is 6.04 Å². The summed E-state index contributed by atoms with van der Waals surface area (Å²) in [7, 11) is 0. The summed E-state index contributed by atoms with van der Waals surface area (Å²) in [5.74, 6) is 0.988. The smallest absolute Gasteiger partial charge is 0.111 e. The third kappa shape index (κ3) is 4.87. The van der Waals surface area contributed by atoms with Crippen molar-refractivity contribution in [2.24, 2.45) is 0 Å². The van der Waals surface area contributed by atoms with Crippen molar-refractivity contribution in [3.05, 3.63) is 65.5 Å². The summed E-state index contributed by atoms with van der Waals surface area (Å²) in [6.07, 6.45) is 8.45. The number of fused-ring (bicyclic) bond motifs is 1. The fourth-order valence-corrected chi connectivity index (χ4v) is 4.79. The van der Waals surface area contributed by atoms with Gasteiger partial charge < -0.3 is 14.9 Å². The van der Waals surface area contributed by atoms with Crippen LogP contribution < -0.4 is 5.32 Å². The van der Waals surface area contributed by atoms with Crippen LogP contribution in [0.5, 0.6) is 0 Å². The van der Waals surface area contributed by atoms with E-state index in [1.165, 1.54) is 18.3 Å². The minimum atomic E-state index is -0.190. The summed E-state index contributed by atoms with van der Waals surface area (Å²) in [5, 5.41) is 3.43. The molecule has 170 valence electrons. The van der Waals surface area contributed by atoms with Crippen LogP contribution in [0.15, 0.2) is 42.9 Å². The van der Waals surface area contributed by atoms with Gasteiger partial charge in [-0.3, -0.25) is 4.90 Å². The number of halogens is 1. The zero-order valence-electron chi connectivity index (χ0n) is 19.2. The summed E-state index contributed by atoms with van der Waals surface area (Å²) in [6.45, 7) is 12.2. The molecular formula is C26H34FN5. The summed E-state index contributed by atoms with van der Waals surface area (Å²) in [6, 6.07) is 8.94. The Balaban J connectivity index is 1.48. The van der Waals surface area contributed by atoms with Crippen LogP contribution in [0.1, 0.15) is 55.4 Å². The highest BCUT2D eigenvalue weighted by Gasteiger charge is 2.25. The summed E-state index contributed by atoms with van der Waals surface area (Å²) < 4.78 is 16.1. The molecule has 5 nitrogen and oxygen atoms in total. The lowest BCUT2D eigenvalue weighted by atomic mass is 10.0. The maximum Gasteiger partial charge on any atom is 0.111 e. The zero-order chi connectivity index (χ0) is 22.5. The molecule has 0 bridgehead atoms. The van der Waals surface area contributed by atoms with E-state index >= 15 is 0 Å². The molecule has 0 atom stereocenters. The van der Waals surface area contributed by atoms with Gasteiger partial charge in [-0.25, -0.2) is 9.37 Å². The van der Waals surface area contributed by atoms with Crippen LogP contribution in [-0.4, -0.2) is 45.6 Å². The maximum atomic E-state index is 13.6. The van der Waals surface area contributed by atoms with E-state index in [0.717, 1.165) is 74.3 Å². The van der Waals surface area contributed by atoms with Gasteiger partial charge in [0.1, 0.15) is 5.82 Å². The van der Waals surface area contributed by atoms with Crippen molar-refractivity contribution in [3.63, 3.8) is 0 Å². The van der Waals surface area contributed by atoms with Crippen LogP contribution in [0.3, 0.4) is 0 Å². The highest BCUT2D eigenvalue weighted by Crippen LogP contribution is 2.30. The number of piperidine rings is 1. The molecule has 1 aromatic carbocycles. The number of benzene rings is 1. The van der Waals surface area contributed by atoms with Crippen molar-refractivity contribution >= 4 is 23.2 Å². The second kappa shape index (κ2) is 10.3. The maximum absolute atomic E-state index is 13.6. The normalized spacial score (nSPS) is 16.2. The van der Waals surface area contributed by atoms with E-state index in [-0.39, 0.29) is 5.83 Å². The molecule has 0 amide bonds. The first-order chi connectivity index (χ1) is 15.6. The van der Waals surface area contributed by atoms with Gasteiger partial charge in [0.15, 0.2) is 0 Å². The first kappa shape index (κ1) is 22.5. The summed E-state index contributed by atoms with van der Waals surface area (Å²) >= 11 is 0. The first-order valence-electron chi connectivity index (χ1n) is 11.7. The van der Waals surface area contributed by atoms with E-state index in [1.807, 2.05) is 6.20 Å². The van der Waals surface area contributed by atoms with Crippen LogP contribution >= 0.6 is 0 Å². The third-order valence-corrected chi connectivity index (χ3v) is 6.35. The minimum Gasteiger partial charge on any atom is -0.361 e. The Morgan fingerprint density at radius 3 is 2.81 bits per heavy atom. The van der Waals surface area contributed by atoms with Gasteiger partial charge in [0.2, 0.25) is 0 Å². The Morgan fingerprint density at radius 2 is 2.09 bits per heavy atom. The molecule has 3 heterocycles. The highest BCUT2D eigenvalue weighted by molar-refractivity contribution is 5.76. The molecule has 1 fully saturated rings. The van der Waals surface area contributed by atoms with Crippen LogP contribution in [-0.2, 0) is 13.0 Å². The lowest BCUT2D eigenvalue weighted by Crippen LogP contribution is -2.35. The highest BCUT2D eigenvalue weighted by atomic mass is 19.1. The molecule has 32 heavy (non-hydrogen) atoms. The van der Waals surface area contributed by atoms with Gasteiger partial charge in [0.05, 0.1) is 16.9 Å². The molecule has 2 aromatic heterocycles. The second-order valence-electron chi connectivity index (χ2n) is 8.57. The Morgan fingerprint density at radius 1 is 1.31 bits per heavy atom. The number of nitrogens with zero attached hydrogens (tertiary/aromatic N) is 3. The molecule has 0 saturated carbocycles. The van der Waals surface area contributed by atoms with Crippen LogP contribution in [0.25, 0.3) is 23.2 Å². The molecule has 0 spiro atoms. The van der Waals surface area contributed by atoms with Crippen LogP contribution in [0, 0.1) is 0 Å². The van der Waals surface area contributed by atoms with E-state index in [9.17, 15) is 4.39 Å². The number of para-hydroxylation sites is 2. The van der Waals surface area contributed by atoms with Gasteiger partial charge in [-0.15, -0.1) is 0 Å². The van der Waals surface area contributed by atoms with Gasteiger partial charge in [-0.05, 0) is 56.2 Å². The number of likely N-dealkylation sites (N-methyl/N-ethyl adjacent to an activating group) is 1. The molecule has 0 aliphatic carbocycles. The summed E-state index contributed by atoms with van der Waals surface area (Å²) in [5.41, 5.74) is 5.23. The van der Waals surface area contributed by atoms with E-state index < -0.39 is 0 Å². The molecule has 2 N–H and O–H groups in total. The van der Waals surface area contributed by atoms with Crippen molar-refractivity contribution in [1.82, 2.24) is 24.8 Å². The topological polar surface area (TPSA) is 48.9 Å². The van der Waals surface area contributed by atoms with Gasteiger partial charge in [-0.2, -0.15) is 0 Å². The van der Waals surface area contributed by atoms with Crippen LogP contribution in [0.4, 0.5) is 4.39 Å². The first-order valence-corrected chi connectivity index (χ1v) is 11.7. The van der Waals surface area contributed by atoms with Crippen molar-refractivity contribution < 1.29 is 4.39 Å². The number of hydrogen-bond acceptors (Lipinski definition) is 3. The van der Waals surface area contributed by atoms with Crippen molar-refractivity contribution in [2.45, 2.75) is 45.7 Å². The van der Waals surface area contributed by atoms with Gasteiger partial charge in [0.25, 0.3) is 0 Å². The monoisotopic (exact) mass is 435 g/mol.